The van der Waals surface area contributed by atoms with Crippen molar-refractivity contribution in [1.82, 2.24) is 4.90 Å². The third-order valence-corrected chi connectivity index (χ3v) is 3.64. The molecule has 0 saturated carbocycles. The average Bonchev–Trinajstić information content (AvgIpc) is 2.90. The van der Waals surface area contributed by atoms with Gasteiger partial charge in [-0.3, -0.25) is 4.90 Å². The van der Waals surface area contributed by atoms with Crippen molar-refractivity contribution in [3.63, 3.8) is 0 Å². The van der Waals surface area contributed by atoms with Gasteiger partial charge in [0.15, 0.2) is 0 Å². The van der Waals surface area contributed by atoms with Gasteiger partial charge in [0.1, 0.15) is 12.4 Å². The highest BCUT2D eigenvalue weighted by Crippen LogP contribution is 2.33. The van der Waals surface area contributed by atoms with E-state index in [0.717, 1.165) is 37.3 Å². The van der Waals surface area contributed by atoms with Crippen molar-refractivity contribution in [2.75, 3.05) is 26.2 Å². The second-order valence-electron chi connectivity index (χ2n) is 5.07. The predicted octanol–water partition coefficient (Wildman–Crippen LogP) is 3.74. The topological polar surface area (TPSA) is 12.5 Å². The van der Waals surface area contributed by atoms with E-state index >= 15 is 0 Å². The summed E-state index contributed by atoms with van der Waals surface area (Å²) >= 11 is 0. The van der Waals surface area contributed by atoms with Gasteiger partial charge in [0.25, 0.3) is 0 Å². The summed E-state index contributed by atoms with van der Waals surface area (Å²) in [5.41, 5.74) is 0.172. The zero-order chi connectivity index (χ0) is 14.6. The average molecular weight is 287 g/mol. The monoisotopic (exact) mass is 287 g/mol. The maximum Gasteiger partial charge on any atom is 0.416 e. The van der Waals surface area contributed by atoms with Crippen LogP contribution in [-0.4, -0.2) is 31.1 Å². The van der Waals surface area contributed by atoms with E-state index in [1.807, 2.05) is 6.92 Å². The standard InChI is InChI=1S/C15H20F3NO/c1-2-12-5-6-13(15(16,17)18)11-14(12)20-10-9-19-7-3-4-8-19/h5-6,11H,2-4,7-10H2,1H3. The van der Waals surface area contributed by atoms with Crippen LogP contribution in [-0.2, 0) is 12.6 Å². The van der Waals surface area contributed by atoms with Crippen LogP contribution in [0.15, 0.2) is 18.2 Å². The molecule has 1 saturated heterocycles. The molecule has 0 spiro atoms. The van der Waals surface area contributed by atoms with E-state index in [1.165, 1.54) is 18.9 Å². The highest BCUT2D eigenvalue weighted by Gasteiger charge is 2.31. The lowest BCUT2D eigenvalue weighted by Gasteiger charge is -2.17. The number of hydrogen-bond acceptors (Lipinski definition) is 2. The highest BCUT2D eigenvalue weighted by molar-refractivity contribution is 5.38. The molecule has 0 aromatic heterocycles. The van der Waals surface area contributed by atoms with E-state index in [1.54, 1.807) is 0 Å². The molecule has 1 aromatic rings. The molecular formula is C15H20F3NO. The molecule has 0 unspecified atom stereocenters. The number of ether oxygens (including phenoxy) is 1. The summed E-state index contributed by atoms with van der Waals surface area (Å²) in [7, 11) is 0. The molecule has 1 aromatic carbocycles. The fourth-order valence-electron chi connectivity index (χ4n) is 2.45. The first-order chi connectivity index (χ1) is 9.50. The maximum absolute atomic E-state index is 12.7. The number of alkyl halides is 3. The number of likely N-dealkylation sites (tertiary alicyclic amines) is 1. The van der Waals surface area contributed by atoms with E-state index in [9.17, 15) is 13.2 Å². The third kappa shape index (κ3) is 3.88. The van der Waals surface area contributed by atoms with Crippen molar-refractivity contribution in [2.45, 2.75) is 32.4 Å². The molecule has 1 aliphatic heterocycles. The molecule has 1 heterocycles. The number of hydrogen-bond donors (Lipinski definition) is 0. The fourth-order valence-corrected chi connectivity index (χ4v) is 2.45. The molecule has 0 amide bonds. The molecule has 0 bridgehead atoms. The van der Waals surface area contributed by atoms with Gasteiger partial charge in [0.05, 0.1) is 5.56 Å². The lowest BCUT2D eigenvalue weighted by molar-refractivity contribution is -0.137. The van der Waals surface area contributed by atoms with Crippen LogP contribution in [0.25, 0.3) is 0 Å². The molecule has 1 aliphatic rings. The Bertz CT molecular complexity index is 439. The van der Waals surface area contributed by atoms with Crippen LogP contribution < -0.4 is 4.74 Å². The lowest BCUT2D eigenvalue weighted by atomic mass is 10.1. The zero-order valence-electron chi connectivity index (χ0n) is 11.7. The van der Waals surface area contributed by atoms with Gasteiger partial charge in [-0.05, 0) is 50.0 Å². The van der Waals surface area contributed by atoms with Gasteiger partial charge < -0.3 is 4.74 Å². The van der Waals surface area contributed by atoms with E-state index in [-0.39, 0.29) is 0 Å². The van der Waals surface area contributed by atoms with Gasteiger partial charge >= 0.3 is 6.18 Å². The molecule has 2 rings (SSSR count). The molecule has 2 nitrogen and oxygen atoms in total. The number of nitrogens with zero attached hydrogens (tertiary/aromatic N) is 1. The van der Waals surface area contributed by atoms with Crippen molar-refractivity contribution in [2.24, 2.45) is 0 Å². The zero-order valence-corrected chi connectivity index (χ0v) is 11.7. The van der Waals surface area contributed by atoms with Crippen LogP contribution in [0.1, 0.15) is 30.9 Å². The second kappa shape index (κ2) is 6.48. The predicted molar refractivity (Wildman–Crippen MR) is 72.0 cm³/mol. The van der Waals surface area contributed by atoms with Gasteiger partial charge in [0, 0.05) is 6.54 Å². The van der Waals surface area contributed by atoms with Gasteiger partial charge in [0.2, 0.25) is 0 Å². The van der Waals surface area contributed by atoms with Crippen LogP contribution in [0.2, 0.25) is 0 Å². The fraction of sp³-hybridized carbons (Fsp3) is 0.600. The van der Waals surface area contributed by atoms with Crippen molar-refractivity contribution in [3.05, 3.63) is 29.3 Å². The van der Waals surface area contributed by atoms with Gasteiger partial charge in [-0.25, -0.2) is 0 Å². The van der Waals surface area contributed by atoms with Crippen molar-refractivity contribution < 1.29 is 17.9 Å². The summed E-state index contributed by atoms with van der Waals surface area (Å²) in [6.07, 6.45) is -1.26. The van der Waals surface area contributed by atoms with Crippen LogP contribution in [0, 0.1) is 0 Å². The van der Waals surface area contributed by atoms with Gasteiger partial charge in [-0.2, -0.15) is 13.2 Å². The molecule has 0 radical (unpaired) electrons. The number of halogens is 3. The van der Waals surface area contributed by atoms with Crippen molar-refractivity contribution in [1.29, 1.82) is 0 Å². The van der Waals surface area contributed by atoms with E-state index in [0.29, 0.717) is 18.8 Å². The summed E-state index contributed by atoms with van der Waals surface area (Å²) in [5, 5.41) is 0. The van der Waals surface area contributed by atoms with Crippen LogP contribution in [0.4, 0.5) is 13.2 Å². The van der Waals surface area contributed by atoms with Crippen molar-refractivity contribution in [3.8, 4) is 5.75 Å². The number of aryl methyl sites for hydroxylation is 1. The van der Waals surface area contributed by atoms with Crippen LogP contribution in [0.3, 0.4) is 0 Å². The van der Waals surface area contributed by atoms with Gasteiger partial charge in [-0.1, -0.05) is 13.0 Å². The van der Waals surface area contributed by atoms with E-state index < -0.39 is 11.7 Å². The summed E-state index contributed by atoms with van der Waals surface area (Å²) in [6.45, 7) is 5.25. The first-order valence-electron chi connectivity index (χ1n) is 7.06. The van der Waals surface area contributed by atoms with Gasteiger partial charge in [-0.15, -0.1) is 0 Å². The van der Waals surface area contributed by atoms with Crippen molar-refractivity contribution >= 4 is 0 Å². The Morgan fingerprint density at radius 2 is 1.90 bits per heavy atom. The normalized spacial score (nSPS) is 16.6. The minimum absolute atomic E-state index is 0.363. The first-order valence-corrected chi connectivity index (χ1v) is 7.06. The molecule has 0 atom stereocenters. The molecule has 0 aliphatic carbocycles. The summed E-state index contributed by atoms with van der Waals surface area (Å²) < 4.78 is 43.7. The first kappa shape index (κ1) is 15.2. The Labute approximate surface area is 117 Å². The Morgan fingerprint density at radius 3 is 2.50 bits per heavy atom. The molecule has 1 fully saturated rings. The maximum atomic E-state index is 12.7. The molecule has 5 heteroatoms. The SMILES string of the molecule is CCc1ccc(C(F)(F)F)cc1OCCN1CCCC1. The summed E-state index contributed by atoms with van der Waals surface area (Å²) in [5.74, 6) is 0.363. The summed E-state index contributed by atoms with van der Waals surface area (Å²) in [4.78, 5) is 2.28. The molecule has 112 valence electrons. The lowest BCUT2D eigenvalue weighted by Crippen LogP contribution is -2.25. The van der Waals surface area contributed by atoms with E-state index in [2.05, 4.69) is 4.90 Å². The number of benzene rings is 1. The summed E-state index contributed by atoms with van der Waals surface area (Å²) in [6, 6.07) is 3.74. The minimum atomic E-state index is -4.32. The number of rotatable bonds is 5. The Hall–Kier alpha value is -1.23. The second-order valence-corrected chi connectivity index (χ2v) is 5.07. The largest absolute Gasteiger partial charge is 0.492 e. The molecular weight excluding hydrogens is 267 g/mol. The Balaban J connectivity index is 2.00. The quantitative estimate of drug-likeness (QED) is 0.818. The molecule has 20 heavy (non-hydrogen) atoms. The Morgan fingerprint density at radius 1 is 1.20 bits per heavy atom. The van der Waals surface area contributed by atoms with Crippen LogP contribution >= 0.6 is 0 Å². The Kier molecular flexibility index (Phi) is 4.91. The van der Waals surface area contributed by atoms with Crippen LogP contribution in [0.5, 0.6) is 5.75 Å². The third-order valence-electron chi connectivity index (χ3n) is 3.64. The van der Waals surface area contributed by atoms with E-state index in [4.69, 9.17) is 4.74 Å². The molecule has 0 N–H and O–H groups in total. The minimum Gasteiger partial charge on any atom is -0.492 e. The highest BCUT2D eigenvalue weighted by atomic mass is 19.4. The smallest absolute Gasteiger partial charge is 0.416 e.